The number of nitrogens with zero attached hydrogens (tertiary/aromatic N) is 1. The molecule has 17 heavy (non-hydrogen) atoms. The Balaban J connectivity index is 2.34. The van der Waals surface area contributed by atoms with E-state index >= 15 is 0 Å². The molecule has 94 valence electrons. The molecule has 2 rings (SSSR count). The smallest absolute Gasteiger partial charge is 0.128 e. The summed E-state index contributed by atoms with van der Waals surface area (Å²) in [6.07, 6.45) is 2.34. The minimum atomic E-state index is -0.0893. The third-order valence-electron chi connectivity index (χ3n) is 3.72. The molecule has 1 atom stereocenters. The van der Waals surface area contributed by atoms with Crippen molar-refractivity contribution in [2.24, 2.45) is 5.41 Å². The first-order valence-corrected chi connectivity index (χ1v) is 6.16. The first-order valence-electron chi connectivity index (χ1n) is 6.16. The molecule has 0 heterocycles. The molecule has 1 N–H and O–H groups in total. The number of hydrogen-bond donors (Lipinski definition) is 1. The second kappa shape index (κ2) is 4.75. The van der Waals surface area contributed by atoms with Crippen molar-refractivity contribution in [3.05, 3.63) is 35.6 Å². The van der Waals surface area contributed by atoms with Crippen molar-refractivity contribution in [2.45, 2.75) is 18.9 Å². The highest BCUT2D eigenvalue weighted by Gasteiger charge is 2.50. The minimum absolute atomic E-state index is 0.0893. The molecule has 0 radical (unpaired) electrons. The molecular formula is C14H21FN2. The molecular weight excluding hydrogens is 215 g/mol. The topological polar surface area (TPSA) is 15.3 Å². The van der Waals surface area contributed by atoms with Gasteiger partial charge in [0, 0.05) is 23.6 Å². The van der Waals surface area contributed by atoms with Crippen molar-refractivity contribution in [3.63, 3.8) is 0 Å². The number of hydrogen-bond acceptors (Lipinski definition) is 2. The summed E-state index contributed by atoms with van der Waals surface area (Å²) in [4.78, 5) is 2.14. The van der Waals surface area contributed by atoms with Crippen LogP contribution in [-0.4, -0.2) is 32.6 Å². The van der Waals surface area contributed by atoms with Gasteiger partial charge in [-0.2, -0.15) is 0 Å². The molecule has 0 aromatic heterocycles. The average Bonchev–Trinajstić information content (AvgIpc) is 3.02. The van der Waals surface area contributed by atoms with Crippen molar-refractivity contribution in [2.75, 3.05) is 27.7 Å². The SMILES string of the molecule is CNCC1(C(c2ccccc2F)N(C)C)CC1. The Bertz CT molecular complexity index is 386. The van der Waals surface area contributed by atoms with E-state index in [1.54, 1.807) is 12.1 Å². The van der Waals surface area contributed by atoms with Gasteiger partial charge in [0.05, 0.1) is 0 Å². The maximum atomic E-state index is 14.0. The molecule has 0 bridgehead atoms. The lowest BCUT2D eigenvalue weighted by atomic mass is 9.88. The second-order valence-corrected chi connectivity index (χ2v) is 5.28. The maximum absolute atomic E-state index is 14.0. The van der Waals surface area contributed by atoms with Gasteiger partial charge < -0.3 is 10.2 Å². The van der Waals surface area contributed by atoms with Gasteiger partial charge in [-0.15, -0.1) is 0 Å². The Labute approximate surface area is 103 Å². The van der Waals surface area contributed by atoms with E-state index in [2.05, 4.69) is 10.2 Å². The van der Waals surface area contributed by atoms with E-state index in [4.69, 9.17) is 0 Å². The first-order chi connectivity index (χ1) is 8.10. The van der Waals surface area contributed by atoms with Gasteiger partial charge in [0.25, 0.3) is 0 Å². The Hall–Kier alpha value is -0.930. The highest BCUT2D eigenvalue weighted by atomic mass is 19.1. The molecule has 1 aromatic carbocycles. The molecule has 1 aromatic rings. The van der Waals surface area contributed by atoms with E-state index in [-0.39, 0.29) is 17.3 Å². The zero-order chi connectivity index (χ0) is 12.5. The first kappa shape index (κ1) is 12.5. The van der Waals surface area contributed by atoms with Crippen molar-refractivity contribution in [1.82, 2.24) is 10.2 Å². The molecule has 3 heteroatoms. The van der Waals surface area contributed by atoms with E-state index in [1.807, 2.05) is 33.3 Å². The summed E-state index contributed by atoms with van der Waals surface area (Å²) in [6.45, 7) is 0.949. The van der Waals surface area contributed by atoms with Crippen molar-refractivity contribution < 1.29 is 4.39 Å². The summed E-state index contributed by atoms with van der Waals surface area (Å²) < 4.78 is 14.0. The fourth-order valence-corrected chi connectivity index (χ4v) is 2.91. The van der Waals surface area contributed by atoms with Crippen molar-refractivity contribution >= 4 is 0 Å². The molecule has 0 saturated heterocycles. The van der Waals surface area contributed by atoms with Crippen LogP contribution in [0.4, 0.5) is 4.39 Å². The number of nitrogens with one attached hydrogen (secondary N) is 1. The van der Waals surface area contributed by atoms with Gasteiger partial charge >= 0.3 is 0 Å². The van der Waals surface area contributed by atoms with Crippen LogP contribution in [0.2, 0.25) is 0 Å². The van der Waals surface area contributed by atoms with Gasteiger partial charge in [0.15, 0.2) is 0 Å². The van der Waals surface area contributed by atoms with Gasteiger partial charge in [0.2, 0.25) is 0 Å². The van der Waals surface area contributed by atoms with E-state index in [1.165, 1.54) is 12.8 Å². The Morgan fingerprint density at radius 1 is 1.35 bits per heavy atom. The van der Waals surface area contributed by atoms with E-state index < -0.39 is 0 Å². The summed E-state index contributed by atoms with van der Waals surface area (Å²) in [5.74, 6) is -0.0893. The summed E-state index contributed by atoms with van der Waals surface area (Å²) in [6, 6.07) is 7.31. The van der Waals surface area contributed by atoms with Crippen LogP contribution in [0.1, 0.15) is 24.4 Å². The lowest BCUT2D eigenvalue weighted by Gasteiger charge is -2.33. The highest BCUT2D eigenvalue weighted by molar-refractivity contribution is 5.26. The third-order valence-corrected chi connectivity index (χ3v) is 3.72. The Morgan fingerprint density at radius 3 is 2.47 bits per heavy atom. The van der Waals surface area contributed by atoms with Gasteiger partial charge in [-0.05, 0) is 40.1 Å². The summed E-state index contributed by atoms with van der Waals surface area (Å²) >= 11 is 0. The highest BCUT2D eigenvalue weighted by Crippen LogP contribution is 2.56. The van der Waals surface area contributed by atoms with Crippen LogP contribution in [0, 0.1) is 11.2 Å². The van der Waals surface area contributed by atoms with Crippen molar-refractivity contribution in [3.8, 4) is 0 Å². The molecule has 1 saturated carbocycles. The zero-order valence-electron chi connectivity index (χ0n) is 10.8. The molecule has 1 unspecified atom stereocenters. The summed E-state index contributed by atoms with van der Waals surface area (Å²) in [5.41, 5.74) is 1.03. The lowest BCUT2D eigenvalue weighted by molar-refractivity contribution is 0.187. The molecule has 1 aliphatic carbocycles. The zero-order valence-corrected chi connectivity index (χ0v) is 10.8. The number of benzene rings is 1. The van der Waals surface area contributed by atoms with Gasteiger partial charge in [-0.25, -0.2) is 4.39 Å². The molecule has 1 fully saturated rings. The fraction of sp³-hybridized carbons (Fsp3) is 0.571. The van der Waals surface area contributed by atoms with Crippen LogP contribution in [-0.2, 0) is 0 Å². The summed E-state index contributed by atoms with van der Waals surface area (Å²) in [5, 5.41) is 3.25. The van der Waals surface area contributed by atoms with E-state index in [9.17, 15) is 4.39 Å². The quantitative estimate of drug-likeness (QED) is 0.844. The molecule has 1 aliphatic rings. The van der Waals surface area contributed by atoms with Crippen LogP contribution in [0.3, 0.4) is 0 Å². The molecule has 0 spiro atoms. The number of halogens is 1. The molecule has 0 aliphatic heterocycles. The summed E-state index contributed by atoms with van der Waals surface area (Å²) in [7, 11) is 6.04. The lowest BCUT2D eigenvalue weighted by Crippen LogP contribution is -2.35. The van der Waals surface area contributed by atoms with Gasteiger partial charge in [0.1, 0.15) is 5.82 Å². The van der Waals surface area contributed by atoms with E-state index in [0.717, 1.165) is 12.1 Å². The Morgan fingerprint density at radius 2 is 2.00 bits per heavy atom. The largest absolute Gasteiger partial charge is 0.319 e. The fourth-order valence-electron chi connectivity index (χ4n) is 2.91. The molecule has 2 nitrogen and oxygen atoms in total. The van der Waals surface area contributed by atoms with Crippen LogP contribution in [0.25, 0.3) is 0 Å². The Kier molecular flexibility index (Phi) is 3.50. The van der Waals surface area contributed by atoms with Crippen LogP contribution in [0.5, 0.6) is 0 Å². The van der Waals surface area contributed by atoms with Gasteiger partial charge in [-0.3, -0.25) is 0 Å². The normalized spacial score (nSPS) is 19.4. The van der Waals surface area contributed by atoms with Gasteiger partial charge in [-0.1, -0.05) is 18.2 Å². The van der Waals surface area contributed by atoms with Crippen LogP contribution < -0.4 is 5.32 Å². The molecule has 0 amide bonds. The average molecular weight is 236 g/mol. The monoisotopic (exact) mass is 236 g/mol. The van der Waals surface area contributed by atoms with Crippen molar-refractivity contribution in [1.29, 1.82) is 0 Å². The minimum Gasteiger partial charge on any atom is -0.319 e. The van der Waals surface area contributed by atoms with Crippen LogP contribution in [0.15, 0.2) is 24.3 Å². The second-order valence-electron chi connectivity index (χ2n) is 5.28. The van der Waals surface area contributed by atoms with E-state index in [0.29, 0.717) is 0 Å². The van der Waals surface area contributed by atoms with Crippen LogP contribution >= 0.6 is 0 Å². The predicted octanol–water partition coefficient (Wildman–Crippen LogP) is 2.43. The standard InChI is InChI=1S/C14H21FN2/c1-16-10-14(8-9-14)13(17(2)3)11-6-4-5-7-12(11)15/h4-7,13,16H,8-10H2,1-3H3. The third kappa shape index (κ3) is 2.35. The predicted molar refractivity (Wildman–Crippen MR) is 68.4 cm³/mol. The number of rotatable bonds is 5. The maximum Gasteiger partial charge on any atom is 0.128 e.